The minimum absolute atomic E-state index is 0.269. The first-order valence-electron chi connectivity index (χ1n) is 8.16. The SMILES string of the molecule is CN(CC1CC(Cl)C1)C(=O)C1CCC(C(C)(C)C)CC1. The first-order valence-corrected chi connectivity index (χ1v) is 8.60. The molecule has 0 bridgehead atoms. The summed E-state index contributed by atoms with van der Waals surface area (Å²) >= 11 is 6.01. The molecule has 0 saturated heterocycles. The highest BCUT2D eigenvalue weighted by molar-refractivity contribution is 6.21. The molecule has 2 fully saturated rings. The quantitative estimate of drug-likeness (QED) is 0.711. The van der Waals surface area contributed by atoms with E-state index in [9.17, 15) is 4.79 Å². The number of halogens is 1. The van der Waals surface area contributed by atoms with Gasteiger partial charge in [0.15, 0.2) is 0 Å². The molecule has 0 spiro atoms. The molecule has 20 heavy (non-hydrogen) atoms. The maximum absolute atomic E-state index is 12.5. The van der Waals surface area contributed by atoms with Crippen molar-refractivity contribution >= 4 is 17.5 Å². The third-order valence-electron chi connectivity index (χ3n) is 5.39. The molecule has 2 rings (SSSR count). The summed E-state index contributed by atoms with van der Waals surface area (Å²) in [6.07, 6.45) is 6.73. The second-order valence-corrected chi connectivity index (χ2v) is 8.69. The summed E-state index contributed by atoms with van der Waals surface area (Å²) in [4.78, 5) is 14.5. The van der Waals surface area contributed by atoms with Crippen LogP contribution >= 0.6 is 11.6 Å². The van der Waals surface area contributed by atoms with E-state index in [0.29, 0.717) is 22.6 Å². The fraction of sp³-hybridized carbons (Fsp3) is 0.941. The second-order valence-electron chi connectivity index (χ2n) is 8.07. The van der Waals surface area contributed by atoms with E-state index in [2.05, 4.69) is 20.8 Å². The molecule has 0 radical (unpaired) electrons. The molecule has 2 aliphatic carbocycles. The smallest absolute Gasteiger partial charge is 0.225 e. The Hall–Kier alpha value is -0.240. The molecule has 2 saturated carbocycles. The Balaban J connectivity index is 1.76. The Morgan fingerprint density at radius 2 is 1.70 bits per heavy atom. The Morgan fingerprint density at radius 1 is 1.15 bits per heavy atom. The fourth-order valence-electron chi connectivity index (χ4n) is 3.80. The fourth-order valence-corrected chi connectivity index (χ4v) is 4.30. The summed E-state index contributed by atoms with van der Waals surface area (Å²) in [5.74, 6) is 2.05. The van der Waals surface area contributed by atoms with Crippen LogP contribution in [-0.2, 0) is 4.79 Å². The molecule has 116 valence electrons. The van der Waals surface area contributed by atoms with E-state index in [0.717, 1.165) is 38.1 Å². The molecule has 0 aliphatic heterocycles. The van der Waals surface area contributed by atoms with Gasteiger partial charge in [-0.05, 0) is 55.8 Å². The standard InChI is InChI=1S/C17H30ClNO/c1-17(2,3)14-7-5-13(6-8-14)16(20)19(4)11-12-9-15(18)10-12/h12-15H,5-11H2,1-4H3. The molecular weight excluding hydrogens is 270 g/mol. The predicted octanol–water partition coefficient (Wildman–Crippen LogP) is 4.31. The van der Waals surface area contributed by atoms with Crippen molar-refractivity contribution in [2.24, 2.45) is 23.2 Å². The molecule has 1 amide bonds. The lowest BCUT2D eigenvalue weighted by molar-refractivity contribution is -0.136. The van der Waals surface area contributed by atoms with Crippen molar-refractivity contribution in [3.63, 3.8) is 0 Å². The van der Waals surface area contributed by atoms with Gasteiger partial charge in [0.05, 0.1) is 0 Å². The van der Waals surface area contributed by atoms with Crippen LogP contribution in [0.1, 0.15) is 59.3 Å². The number of carbonyl (C=O) groups is 1. The summed E-state index contributed by atoms with van der Waals surface area (Å²) in [5.41, 5.74) is 0.390. The molecule has 2 nitrogen and oxygen atoms in total. The van der Waals surface area contributed by atoms with Crippen LogP contribution in [0, 0.1) is 23.2 Å². The van der Waals surface area contributed by atoms with Crippen LogP contribution in [0.2, 0.25) is 0 Å². The van der Waals surface area contributed by atoms with E-state index in [1.54, 1.807) is 0 Å². The molecule has 0 aromatic heterocycles. The highest BCUT2D eigenvalue weighted by atomic mass is 35.5. The molecule has 0 unspecified atom stereocenters. The van der Waals surface area contributed by atoms with Crippen molar-refractivity contribution in [3.8, 4) is 0 Å². The average Bonchev–Trinajstić information content (AvgIpc) is 2.35. The second kappa shape index (κ2) is 6.25. The zero-order valence-corrected chi connectivity index (χ0v) is 14.2. The lowest BCUT2D eigenvalue weighted by atomic mass is 9.69. The lowest BCUT2D eigenvalue weighted by Gasteiger charge is -2.39. The largest absolute Gasteiger partial charge is 0.345 e. The van der Waals surface area contributed by atoms with Crippen molar-refractivity contribution in [2.45, 2.75) is 64.7 Å². The van der Waals surface area contributed by atoms with Crippen molar-refractivity contribution in [2.75, 3.05) is 13.6 Å². The van der Waals surface area contributed by atoms with Crippen LogP contribution in [0.4, 0.5) is 0 Å². The van der Waals surface area contributed by atoms with Crippen LogP contribution in [0.25, 0.3) is 0 Å². The monoisotopic (exact) mass is 299 g/mol. The number of hydrogen-bond acceptors (Lipinski definition) is 1. The number of amides is 1. The lowest BCUT2D eigenvalue weighted by Crippen LogP contribution is -2.41. The van der Waals surface area contributed by atoms with Crippen LogP contribution in [-0.4, -0.2) is 29.8 Å². The van der Waals surface area contributed by atoms with Gasteiger partial charge in [-0.2, -0.15) is 0 Å². The van der Waals surface area contributed by atoms with Crippen molar-refractivity contribution < 1.29 is 4.79 Å². The number of carbonyl (C=O) groups excluding carboxylic acids is 1. The molecular formula is C17H30ClNO. The first-order chi connectivity index (χ1) is 9.27. The number of nitrogens with zero attached hydrogens (tertiary/aromatic N) is 1. The van der Waals surface area contributed by atoms with Crippen LogP contribution < -0.4 is 0 Å². The minimum Gasteiger partial charge on any atom is -0.345 e. The molecule has 0 heterocycles. The van der Waals surface area contributed by atoms with E-state index in [1.165, 1.54) is 12.8 Å². The van der Waals surface area contributed by atoms with Gasteiger partial charge in [0.1, 0.15) is 0 Å². The average molecular weight is 300 g/mol. The zero-order chi connectivity index (χ0) is 14.9. The molecule has 0 N–H and O–H groups in total. The Labute approximate surface area is 129 Å². The number of alkyl halides is 1. The van der Waals surface area contributed by atoms with Crippen molar-refractivity contribution in [1.29, 1.82) is 0 Å². The van der Waals surface area contributed by atoms with E-state index >= 15 is 0 Å². The summed E-state index contributed by atoms with van der Waals surface area (Å²) in [7, 11) is 1.97. The predicted molar refractivity (Wildman–Crippen MR) is 84.9 cm³/mol. The topological polar surface area (TPSA) is 20.3 Å². The third-order valence-corrected chi connectivity index (χ3v) is 5.74. The van der Waals surface area contributed by atoms with Crippen molar-refractivity contribution in [1.82, 2.24) is 4.90 Å². The molecule has 0 aromatic carbocycles. The highest BCUT2D eigenvalue weighted by Gasteiger charge is 2.35. The normalized spacial score (nSPS) is 34.5. The Bertz CT molecular complexity index is 335. The van der Waals surface area contributed by atoms with Gasteiger partial charge in [0.2, 0.25) is 5.91 Å². The van der Waals surface area contributed by atoms with Crippen LogP contribution in [0.5, 0.6) is 0 Å². The summed E-state index contributed by atoms with van der Waals surface area (Å²) in [5, 5.41) is 0.353. The van der Waals surface area contributed by atoms with E-state index in [1.807, 2.05) is 11.9 Å². The Morgan fingerprint density at radius 3 is 2.15 bits per heavy atom. The van der Waals surface area contributed by atoms with Gasteiger partial charge in [-0.3, -0.25) is 4.79 Å². The van der Waals surface area contributed by atoms with Gasteiger partial charge >= 0.3 is 0 Å². The van der Waals surface area contributed by atoms with Crippen LogP contribution in [0.3, 0.4) is 0 Å². The van der Waals surface area contributed by atoms with Gasteiger partial charge in [0.25, 0.3) is 0 Å². The molecule has 2 aliphatic rings. The maximum atomic E-state index is 12.5. The van der Waals surface area contributed by atoms with E-state index in [-0.39, 0.29) is 5.92 Å². The van der Waals surface area contributed by atoms with Crippen LogP contribution in [0.15, 0.2) is 0 Å². The Kier molecular flexibility index (Phi) is 5.05. The maximum Gasteiger partial charge on any atom is 0.225 e. The summed E-state index contributed by atoms with van der Waals surface area (Å²) in [6, 6.07) is 0. The molecule has 3 heteroatoms. The number of rotatable bonds is 3. The third kappa shape index (κ3) is 3.90. The first kappa shape index (κ1) is 16.1. The molecule has 0 atom stereocenters. The molecule has 0 aromatic rings. The number of hydrogen-bond donors (Lipinski definition) is 0. The van der Waals surface area contributed by atoms with Crippen molar-refractivity contribution in [3.05, 3.63) is 0 Å². The minimum atomic E-state index is 0.269. The van der Waals surface area contributed by atoms with Gasteiger partial charge in [0, 0.05) is 24.9 Å². The van der Waals surface area contributed by atoms with E-state index in [4.69, 9.17) is 11.6 Å². The summed E-state index contributed by atoms with van der Waals surface area (Å²) < 4.78 is 0. The van der Waals surface area contributed by atoms with Gasteiger partial charge in [-0.1, -0.05) is 20.8 Å². The zero-order valence-electron chi connectivity index (χ0n) is 13.5. The van der Waals surface area contributed by atoms with E-state index < -0.39 is 0 Å². The van der Waals surface area contributed by atoms with Gasteiger partial charge in [-0.15, -0.1) is 11.6 Å². The van der Waals surface area contributed by atoms with Gasteiger partial charge in [-0.25, -0.2) is 0 Å². The summed E-state index contributed by atoms with van der Waals surface area (Å²) in [6.45, 7) is 7.88. The highest BCUT2D eigenvalue weighted by Crippen LogP contribution is 2.40. The van der Waals surface area contributed by atoms with Gasteiger partial charge < -0.3 is 4.90 Å².